The predicted molar refractivity (Wildman–Crippen MR) is 215 cm³/mol. The highest BCUT2D eigenvalue weighted by Crippen LogP contribution is 2.36. The number of amides is 1. The van der Waals surface area contributed by atoms with Crippen molar-refractivity contribution in [3.8, 4) is 23.5 Å². The topological polar surface area (TPSA) is 275 Å². The number of carbonyl (C=O) groups excluding carboxylic acids is 3. The van der Waals surface area contributed by atoms with E-state index in [1.807, 2.05) is 0 Å². The number of aromatic nitrogens is 5. The number of ether oxygens (including phenoxy) is 7. The lowest BCUT2D eigenvalue weighted by Gasteiger charge is -2.21. The van der Waals surface area contributed by atoms with Gasteiger partial charge in [-0.05, 0) is 62.7 Å². The second kappa shape index (κ2) is 22.6. The zero-order valence-corrected chi connectivity index (χ0v) is 35.2. The van der Waals surface area contributed by atoms with Gasteiger partial charge in [-0.2, -0.15) is 13.4 Å². The summed E-state index contributed by atoms with van der Waals surface area (Å²) in [4.78, 5) is 49.1. The van der Waals surface area contributed by atoms with E-state index in [1.165, 1.54) is 45.7 Å². The van der Waals surface area contributed by atoms with E-state index in [0.717, 1.165) is 4.68 Å². The summed E-state index contributed by atoms with van der Waals surface area (Å²) in [7, 11) is -0.816. The Morgan fingerprint density at radius 2 is 1.67 bits per heavy atom. The molecule has 23 heteroatoms. The van der Waals surface area contributed by atoms with Crippen LogP contribution in [-0.4, -0.2) is 115 Å². The number of halogens is 1. The lowest BCUT2D eigenvalue weighted by molar-refractivity contribution is -0.163. The largest absolute Gasteiger partial charge is 0.497 e. The standard InChI is InChI=1S/C37H43FN8O10.CH4O3S/c1-22(2)19-54-36(49)43-31(39)24-9-11-25(12-10-24)42-30(27-17-26(51-7)18-28(29(27)38)53-16-15-52-23(3)47)32-44-35(46(45-32)34-40-13-8-14-41-34)56-21-55-33(48)37(4,5)20-50-6;1-5(2,3)4/h8-14,17-18,30,42H,1,15-16,19-21H2,2-7H3,(H2,39,43,49);1H3,(H,2,3,4)/t30-;/m1./s1. The van der Waals surface area contributed by atoms with E-state index in [2.05, 4.69) is 37.3 Å². The van der Waals surface area contributed by atoms with Gasteiger partial charge in [-0.25, -0.2) is 19.2 Å². The molecule has 4 N–H and O–H groups in total. The highest BCUT2D eigenvalue weighted by Gasteiger charge is 2.31. The van der Waals surface area contributed by atoms with E-state index in [-0.39, 0.29) is 67.1 Å². The van der Waals surface area contributed by atoms with Crippen LogP contribution in [0.4, 0.5) is 14.9 Å². The van der Waals surface area contributed by atoms with Gasteiger partial charge in [0.25, 0.3) is 16.1 Å². The molecule has 2 heterocycles. The highest BCUT2D eigenvalue weighted by molar-refractivity contribution is 7.85. The minimum Gasteiger partial charge on any atom is -0.497 e. The number of rotatable bonds is 19. The van der Waals surface area contributed by atoms with Crippen molar-refractivity contribution in [3.63, 3.8) is 0 Å². The fourth-order valence-corrected chi connectivity index (χ4v) is 4.75. The van der Waals surface area contributed by atoms with Crippen LogP contribution in [0.1, 0.15) is 50.7 Å². The number of hydrogen-bond donors (Lipinski definition) is 4. The normalized spacial score (nSPS) is 11.5. The number of methoxy groups -OCH3 is 2. The van der Waals surface area contributed by atoms with Crippen LogP contribution in [0, 0.1) is 16.6 Å². The Morgan fingerprint density at radius 3 is 2.26 bits per heavy atom. The molecule has 1 atom stereocenters. The number of nitrogens with zero attached hydrogens (tertiary/aromatic N) is 5. The van der Waals surface area contributed by atoms with Crippen molar-refractivity contribution in [2.24, 2.45) is 5.41 Å². The number of anilines is 1. The second-order valence-electron chi connectivity index (χ2n) is 13.4. The molecule has 0 spiro atoms. The molecule has 21 nitrogen and oxygen atoms in total. The molecule has 0 bridgehead atoms. The van der Waals surface area contributed by atoms with Crippen molar-refractivity contribution in [2.45, 2.75) is 33.7 Å². The molecule has 330 valence electrons. The maximum atomic E-state index is 16.5. The zero-order chi connectivity index (χ0) is 45.3. The number of alkyl carbamates (subject to hydrolysis) is 1. The minimum atomic E-state index is -3.67. The van der Waals surface area contributed by atoms with Gasteiger partial charge in [-0.3, -0.25) is 24.9 Å². The Hall–Kier alpha value is -6.72. The van der Waals surface area contributed by atoms with Gasteiger partial charge >= 0.3 is 24.0 Å². The van der Waals surface area contributed by atoms with Crippen LogP contribution < -0.4 is 24.8 Å². The van der Waals surface area contributed by atoms with Crippen LogP contribution in [0.5, 0.6) is 17.5 Å². The van der Waals surface area contributed by atoms with Crippen LogP contribution in [0.2, 0.25) is 0 Å². The summed E-state index contributed by atoms with van der Waals surface area (Å²) < 4.78 is 80.8. The Balaban J connectivity index is 0.00000187. The first-order valence-electron chi connectivity index (χ1n) is 17.8. The highest BCUT2D eigenvalue weighted by atomic mass is 32.2. The molecule has 2 aromatic heterocycles. The molecule has 2 aromatic carbocycles. The van der Waals surface area contributed by atoms with Gasteiger partial charge in [0.05, 0.1) is 25.4 Å². The van der Waals surface area contributed by atoms with Crippen LogP contribution >= 0.6 is 0 Å². The fraction of sp³-hybridized carbons (Fsp3) is 0.368. The van der Waals surface area contributed by atoms with Crippen LogP contribution in [-0.2, 0) is 38.7 Å². The number of carbonyl (C=O) groups is 3. The number of amidine groups is 1. The molecule has 0 fully saturated rings. The van der Waals surface area contributed by atoms with E-state index in [9.17, 15) is 22.8 Å². The van der Waals surface area contributed by atoms with Crippen molar-refractivity contribution in [1.82, 2.24) is 30.0 Å². The van der Waals surface area contributed by atoms with Gasteiger partial charge in [0.15, 0.2) is 17.4 Å². The maximum absolute atomic E-state index is 16.5. The summed E-state index contributed by atoms with van der Waals surface area (Å²) in [6, 6.07) is 9.18. The first-order chi connectivity index (χ1) is 28.7. The van der Waals surface area contributed by atoms with E-state index in [4.69, 9.17) is 43.1 Å². The Kier molecular flexibility index (Phi) is 18.0. The number of hydrogen-bond acceptors (Lipinski definition) is 18. The van der Waals surface area contributed by atoms with Crippen molar-refractivity contribution in [3.05, 3.63) is 89.8 Å². The summed E-state index contributed by atoms with van der Waals surface area (Å²) in [6.45, 7) is 9.11. The van der Waals surface area contributed by atoms with Gasteiger partial charge in [0, 0.05) is 49.3 Å². The van der Waals surface area contributed by atoms with Gasteiger partial charge in [-0.1, -0.05) is 6.58 Å². The zero-order valence-electron chi connectivity index (χ0n) is 34.4. The smallest absolute Gasteiger partial charge is 0.413 e. The molecule has 1 amide bonds. The van der Waals surface area contributed by atoms with E-state index >= 15 is 4.39 Å². The maximum Gasteiger partial charge on any atom is 0.413 e. The molecular weight excluding hydrogens is 828 g/mol. The summed E-state index contributed by atoms with van der Waals surface area (Å²) in [5.41, 5.74) is 0.340. The number of benzene rings is 2. The monoisotopic (exact) mass is 874 g/mol. The Morgan fingerprint density at radius 1 is 1.02 bits per heavy atom. The molecule has 0 aliphatic rings. The molecule has 4 aromatic rings. The summed E-state index contributed by atoms with van der Waals surface area (Å²) >= 11 is 0. The molecule has 0 unspecified atom stereocenters. The number of nitrogens with one attached hydrogen (secondary N) is 3. The van der Waals surface area contributed by atoms with E-state index in [0.29, 0.717) is 23.1 Å². The second-order valence-corrected chi connectivity index (χ2v) is 14.8. The molecule has 0 aliphatic carbocycles. The molecule has 4 rings (SSSR count). The van der Waals surface area contributed by atoms with Gasteiger partial charge in [-0.15, -0.1) is 9.78 Å². The van der Waals surface area contributed by atoms with Gasteiger partial charge in [0.2, 0.25) is 6.79 Å². The summed E-state index contributed by atoms with van der Waals surface area (Å²) in [5, 5.41) is 18.5. The van der Waals surface area contributed by atoms with Crippen molar-refractivity contribution >= 4 is 39.7 Å². The van der Waals surface area contributed by atoms with E-state index in [1.54, 1.807) is 51.1 Å². The van der Waals surface area contributed by atoms with Gasteiger partial charge in [0.1, 0.15) is 37.4 Å². The van der Waals surface area contributed by atoms with Crippen molar-refractivity contribution in [1.29, 1.82) is 5.41 Å². The third-order valence-corrected chi connectivity index (χ3v) is 7.42. The average Bonchev–Trinajstić information content (AvgIpc) is 3.62. The Bertz CT molecular complexity index is 2250. The average molecular weight is 875 g/mol. The fourth-order valence-electron chi connectivity index (χ4n) is 4.75. The van der Waals surface area contributed by atoms with Crippen molar-refractivity contribution < 1.29 is 64.9 Å². The molecule has 0 saturated heterocycles. The lowest BCUT2D eigenvalue weighted by Crippen LogP contribution is -2.32. The minimum absolute atomic E-state index is 0.00615. The predicted octanol–water partition coefficient (Wildman–Crippen LogP) is 4.03. The number of esters is 2. The molecule has 0 aliphatic heterocycles. The summed E-state index contributed by atoms with van der Waals surface area (Å²) in [6.07, 6.45) is 2.82. The molecule has 0 radical (unpaired) electrons. The molecular formula is C38H47FN8O13S. The summed E-state index contributed by atoms with van der Waals surface area (Å²) in [5.74, 6) is -2.23. The third-order valence-electron chi connectivity index (χ3n) is 7.42. The first kappa shape index (κ1) is 48.6. The van der Waals surface area contributed by atoms with E-state index < -0.39 is 52.2 Å². The third kappa shape index (κ3) is 16.1. The Labute approximate surface area is 350 Å². The molecule has 61 heavy (non-hydrogen) atoms. The van der Waals surface area contributed by atoms with Crippen molar-refractivity contribution in [2.75, 3.05) is 59.0 Å². The lowest BCUT2D eigenvalue weighted by atomic mass is 9.95. The van der Waals surface area contributed by atoms with Crippen LogP contribution in [0.25, 0.3) is 5.95 Å². The van der Waals surface area contributed by atoms with Crippen LogP contribution in [0.3, 0.4) is 0 Å². The van der Waals surface area contributed by atoms with Crippen LogP contribution in [0.15, 0.2) is 67.0 Å². The first-order valence-corrected chi connectivity index (χ1v) is 19.7. The van der Waals surface area contributed by atoms with Gasteiger partial charge < -0.3 is 38.5 Å². The SMILES string of the molecule is C=C(C)COC(=O)NC(=N)c1ccc(N[C@@H](c2nc(OCOC(=O)C(C)(C)COC)n(-c3ncccn3)n2)c2cc(OC)cc(OCCOC(C)=O)c2F)cc1.CS(=O)(=O)O. The molecule has 0 saturated carbocycles. The quantitative estimate of drug-likeness (QED) is 0.0151.